The van der Waals surface area contributed by atoms with Gasteiger partial charge in [-0.25, -0.2) is 0 Å². The van der Waals surface area contributed by atoms with Crippen molar-refractivity contribution in [2.45, 2.75) is 50.7 Å². The predicted molar refractivity (Wildman–Crippen MR) is 95.8 cm³/mol. The summed E-state index contributed by atoms with van der Waals surface area (Å²) in [7, 11) is 0. The van der Waals surface area contributed by atoms with Crippen LogP contribution in [0.15, 0.2) is 24.3 Å². The zero-order valence-electron chi connectivity index (χ0n) is 14.7. The van der Waals surface area contributed by atoms with Crippen LogP contribution in [0.3, 0.4) is 0 Å². The highest BCUT2D eigenvalue weighted by atomic mass is 16.3. The molecule has 0 heterocycles. The van der Waals surface area contributed by atoms with E-state index < -0.39 is 24.0 Å². The van der Waals surface area contributed by atoms with Crippen molar-refractivity contribution < 1.29 is 30.6 Å². The molecular weight excluding hydrogens is 336 g/mol. The van der Waals surface area contributed by atoms with E-state index >= 15 is 0 Å². The molecule has 0 atom stereocenters. The van der Waals surface area contributed by atoms with E-state index in [1.54, 1.807) is 12.1 Å². The molecule has 0 saturated heterocycles. The van der Waals surface area contributed by atoms with Crippen molar-refractivity contribution in [2.75, 3.05) is 0 Å². The maximum atomic E-state index is 10.7. The molecule has 1 fully saturated rings. The van der Waals surface area contributed by atoms with Gasteiger partial charge in [0, 0.05) is 35.1 Å². The van der Waals surface area contributed by atoms with Gasteiger partial charge in [0.15, 0.2) is 0 Å². The van der Waals surface area contributed by atoms with Gasteiger partial charge in [0.2, 0.25) is 0 Å². The van der Waals surface area contributed by atoms with Crippen LogP contribution in [-0.2, 0) is 12.8 Å². The molecule has 0 amide bonds. The van der Waals surface area contributed by atoms with Gasteiger partial charge in [0.1, 0.15) is 23.0 Å². The molecule has 1 saturated carbocycles. The molecule has 0 aliphatic heterocycles. The van der Waals surface area contributed by atoms with Crippen LogP contribution in [0.1, 0.15) is 47.9 Å². The Bertz CT molecular complexity index is 754. The number of phenols is 4. The van der Waals surface area contributed by atoms with Gasteiger partial charge in [0.25, 0.3) is 0 Å². The second-order valence-electron chi connectivity index (χ2n) is 6.82. The third kappa shape index (κ3) is 2.75. The van der Waals surface area contributed by atoms with Gasteiger partial charge in [-0.2, -0.15) is 0 Å². The molecule has 6 N–H and O–H groups in total. The Hall–Kier alpha value is -2.44. The smallest absolute Gasteiger partial charge is 0.122 e. The minimum Gasteiger partial charge on any atom is -0.508 e. The molecule has 26 heavy (non-hydrogen) atoms. The highest BCUT2D eigenvalue weighted by molar-refractivity contribution is 5.53. The highest BCUT2D eigenvalue weighted by Gasteiger charge is 2.52. The monoisotopic (exact) mass is 360 g/mol. The van der Waals surface area contributed by atoms with E-state index in [4.69, 9.17) is 0 Å². The van der Waals surface area contributed by atoms with Gasteiger partial charge in [0.05, 0.1) is 12.2 Å². The van der Waals surface area contributed by atoms with Crippen molar-refractivity contribution >= 4 is 0 Å². The summed E-state index contributed by atoms with van der Waals surface area (Å²) in [5, 5.41) is 61.3. The molecule has 0 radical (unpaired) electrons. The fraction of sp³-hybridized carbons (Fsp3) is 0.400. The normalized spacial score (nSPS) is 25.1. The first kappa shape index (κ1) is 18.4. The maximum Gasteiger partial charge on any atom is 0.122 e. The number of phenolic OH excluding ortho intramolecular Hbond substituents is 4. The lowest BCUT2D eigenvalue weighted by Crippen LogP contribution is -2.51. The Balaban J connectivity index is 1.96. The van der Waals surface area contributed by atoms with Crippen LogP contribution in [0.5, 0.6) is 23.0 Å². The second-order valence-corrected chi connectivity index (χ2v) is 6.82. The lowest BCUT2D eigenvalue weighted by molar-refractivity contribution is -0.0798. The number of hydrogen-bond acceptors (Lipinski definition) is 6. The Morgan fingerprint density at radius 1 is 0.615 bits per heavy atom. The minimum atomic E-state index is -1.02. The topological polar surface area (TPSA) is 121 Å². The van der Waals surface area contributed by atoms with E-state index in [-0.39, 0.29) is 23.0 Å². The number of benzene rings is 2. The van der Waals surface area contributed by atoms with Crippen LogP contribution in [-0.4, -0.2) is 42.8 Å². The number of aliphatic hydroxyl groups is 2. The average molecular weight is 360 g/mol. The lowest BCUT2D eigenvalue weighted by Gasteiger charge is -2.47. The summed E-state index contributed by atoms with van der Waals surface area (Å²) in [4.78, 5) is 0. The quantitative estimate of drug-likeness (QED) is 0.497. The first-order valence-corrected chi connectivity index (χ1v) is 8.75. The average Bonchev–Trinajstić information content (AvgIpc) is 2.59. The fourth-order valence-electron chi connectivity index (χ4n) is 3.82. The van der Waals surface area contributed by atoms with Crippen molar-refractivity contribution in [1.82, 2.24) is 0 Å². The number of hydrogen-bond donors (Lipinski definition) is 6. The van der Waals surface area contributed by atoms with Gasteiger partial charge in [-0.05, 0) is 36.1 Å². The molecule has 6 nitrogen and oxygen atoms in total. The number of aromatic hydroxyl groups is 4. The van der Waals surface area contributed by atoms with Crippen LogP contribution in [0.25, 0.3) is 0 Å². The van der Waals surface area contributed by atoms with E-state index in [9.17, 15) is 30.6 Å². The van der Waals surface area contributed by atoms with E-state index in [1.165, 1.54) is 12.1 Å². The summed E-state index contributed by atoms with van der Waals surface area (Å²) in [6, 6.07) is 5.61. The summed E-state index contributed by atoms with van der Waals surface area (Å²) in [5.41, 5.74) is 1.96. The van der Waals surface area contributed by atoms with Gasteiger partial charge in [-0.15, -0.1) is 0 Å². The maximum absolute atomic E-state index is 10.7. The number of rotatable bonds is 4. The van der Waals surface area contributed by atoms with Crippen LogP contribution in [0.2, 0.25) is 0 Å². The third-order valence-electron chi connectivity index (χ3n) is 5.41. The van der Waals surface area contributed by atoms with Crippen molar-refractivity contribution in [2.24, 2.45) is 0 Å². The molecule has 0 bridgehead atoms. The van der Waals surface area contributed by atoms with E-state index in [2.05, 4.69) is 0 Å². The van der Waals surface area contributed by atoms with Gasteiger partial charge in [-0.1, -0.05) is 13.8 Å². The fourth-order valence-corrected chi connectivity index (χ4v) is 3.82. The summed E-state index contributed by atoms with van der Waals surface area (Å²) in [5.74, 6) is -1.90. The molecule has 2 aromatic rings. The largest absolute Gasteiger partial charge is 0.508 e. The molecule has 1 aliphatic rings. The first-order chi connectivity index (χ1) is 12.3. The van der Waals surface area contributed by atoms with Crippen molar-refractivity contribution in [1.29, 1.82) is 0 Å². The molecule has 3 rings (SSSR count). The minimum absolute atomic E-state index is 0.0302. The summed E-state index contributed by atoms with van der Waals surface area (Å²) >= 11 is 0. The Labute approximate surface area is 151 Å². The molecule has 0 unspecified atom stereocenters. The molecule has 0 spiro atoms. The zero-order chi connectivity index (χ0) is 19.2. The SMILES string of the molecule is CCc1cc(C2C(O)C(c3cc(CC)c(O)cc3O)C2O)c(O)cc1O. The molecule has 1 aliphatic carbocycles. The Kier molecular flexibility index (Phi) is 4.73. The predicted octanol–water partition coefficient (Wildman–Crippen LogP) is 2.24. The van der Waals surface area contributed by atoms with Crippen LogP contribution in [0.4, 0.5) is 0 Å². The van der Waals surface area contributed by atoms with Crippen LogP contribution < -0.4 is 0 Å². The van der Waals surface area contributed by atoms with Crippen LogP contribution >= 0.6 is 0 Å². The molecule has 0 aromatic heterocycles. The molecule has 140 valence electrons. The summed E-state index contributed by atoms with van der Waals surface area (Å²) in [6.07, 6.45) is -0.962. The highest BCUT2D eigenvalue weighted by Crippen LogP contribution is 2.53. The summed E-state index contributed by atoms with van der Waals surface area (Å²) < 4.78 is 0. The van der Waals surface area contributed by atoms with Crippen molar-refractivity contribution in [3.8, 4) is 23.0 Å². The standard InChI is InChI=1S/C20H24O6/c1-3-9-5-11(15(23)7-13(9)21)17-19(25)18(20(17)26)12-6-10(4-2)14(22)8-16(12)24/h5-8,17-26H,3-4H2,1-2H3. The molecule has 6 heteroatoms. The van der Waals surface area contributed by atoms with Gasteiger partial charge < -0.3 is 30.6 Å². The Morgan fingerprint density at radius 3 is 1.27 bits per heavy atom. The third-order valence-corrected chi connectivity index (χ3v) is 5.41. The lowest BCUT2D eigenvalue weighted by atomic mass is 9.62. The zero-order valence-corrected chi connectivity index (χ0v) is 14.7. The van der Waals surface area contributed by atoms with E-state index in [0.717, 1.165) is 0 Å². The molecular formula is C20H24O6. The van der Waals surface area contributed by atoms with Crippen molar-refractivity contribution in [3.63, 3.8) is 0 Å². The number of aryl methyl sites for hydroxylation is 2. The van der Waals surface area contributed by atoms with Crippen LogP contribution in [0, 0.1) is 0 Å². The van der Waals surface area contributed by atoms with Gasteiger partial charge >= 0.3 is 0 Å². The molecule has 2 aromatic carbocycles. The second kappa shape index (κ2) is 6.70. The van der Waals surface area contributed by atoms with E-state index in [1.807, 2.05) is 13.8 Å². The number of aliphatic hydroxyl groups excluding tert-OH is 2. The van der Waals surface area contributed by atoms with E-state index in [0.29, 0.717) is 35.1 Å². The van der Waals surface area contributed by atoms with Gasteiger partial charge in [-0.3, -0.25) is 0 Å². The first-order valence-electron chi connectivity index (χ1n) is 8.75. The Morgan fingerprint density at radius 2 is 0.962 bits per heavy atom. The van der Waals surface area contributed by atoms with Crippen molar-refractivity contribution in [3.05, 3.63) is 46.5 Å². The summed E-state index contributed by atoms with van der Waals surface area (Å²) in [6.45, 7) is 3.71.